The molecule has 0 aliphatic rings. The van der Waals surface area contributed by atoms with E-state index in [2.05, 4.69) is 53.4 Å². The number of benzene rings is 3. The Hall–Kier alpha value is -3.52. The second kappa shape index (κ2) is 10.3. The minimum atomic E-state index is -0.674. The molecule has 5 rings (SSSR count). The highest BCUT2D eigenvalue weighted by Crippen LogP contribution is 2.44. The van der Waals surface area contributed by atoms with Crippen molar-refractivity contribution in [3.8, 4) is 28.1 Å². The van der Waals surface area contributed by atoms with E-state index in [1.54, 1.807) is 23.5 Å². The van der Waals surface area contributed by atoms with Crippen LogP contribution in [0.5, 0.6) is 0 Å². The summed E-state index contributed by atoms with van der Waals surface area (Å²) in [6, 6.07) is 22.0. The number of aromatic amines is 1. The maximum Gasteiger partial charge on any atom is 0.349 e. The molecule has 5 aromatic rings. The van der Waals surface area contributed by atoms with Gasteiger partial charge in [-0.3, -0.25) is 9.78 Å². The molecule has 1 N–H and O–H groups in total. The van der Waals surface area contributed by atoms with Crippen LogP contribution in [0.25, 0.3) is 28.1 Å². The number of thiazole rings is 1. The molecule has 0 aliphatic heterocycles. The van der Waals surface area contributed by atoms with Crippen LogP contribution in [0.3, 0.4) is 0 Å². The van der Waals surface area contributed by atoms with E-state index in [1.807, 2.05) is 32.0 Å². The minimum Gasteiger partial charge on any atom is -0.271 e. The highest BCUT2D eigenvalue weighted by Gasteiger charge is 2.33. The van der Waals surface area contributed by atoms with Crippen molar-refractivity contribution in [2.45, 2.75) is 32.6 Å². The third kappa shape index (κ3) is 4.85. The van der Waals surface area contributed by atoms with Crippen molar-refractivity contribution in [3.05, 3.63) is 119 Å². The standard InChI is InChI=1S/C29H24Cl2N4O2S/c1-4-23-26(19-12-10-18(11-13-19)17-8-6-5-7-9-17)34-27(38-23)29(2,3)25-21(30)14-20(15-22(25)31)35-28(37)33-24(36)16-32-35/h5-16H,4H2,1-3H3,(H,33,36,37). The monoisotopic (exact) mass is 562 g/mol. The Balaban J connectivity index is 1.53. The van der Waals surface area contributed by atoms with E-state index in [0.717, 1.165) is 39.1 Å². The fourth-order valence-electron chi connectivity index (χ4n) is 4.46. The van der Waals surface area contributed by atoms with Crippen molar-refractivity contribution in [1.29, 1.82) is 0 Å². The summed E-state index contributed by atoms with van der Waals surface area (Å²) in [5, 5.41) is 5.53. The van der Waals surface area contributed by atoms with Gasteiger partial charge in [-0.05, 0) is 43.5 Å². The SMILES string of the molecule is CCc1sc(C(C)(C)c2c(Cl)cc(-n3ncc(=O)[nH]c3=O)cc2Cl)nc1-c1ccc(-c2ccccc2)cc1. The lowest BCUT2D eigenvalue weighted by atomic mass is 9.85. The molecule has 6 nitrogen and oxygen atoms in total. The fourth-order valence-corrected chi connectivity index (χ4v) is 6.54. The van der Waals surface area contributed by atoms with Gasteiger partial charge in [-0.1, -0.05) is 84.7 Å². The van der Waals surface area contributed by atoms with Gasteiger partial charge < -0.3 is 0 Å². The number of aromatic nitrogens is 4. The van der Waals surface area contributed by atoms with Crippen LogP contribution in [-0.4, -0.2) is 19.7 Å². The number of rotatable bonds is 6. The molecule has 0 unspecified atom stereocenters. The van der Waals surface area contributed by atoms with Gasteiger partial charge in [-0.2, -0.15) is 9.78 Å². The van der Waals surface area contributed by atoms with Crippen LogP contribution in [0, 0.1) is 0 Å². The van der Waals surface area contributed by atoms with Gasteiger partial charge in [-0.25, -0.2) is 9.78 Å². The molecule has 0 saturated carbocycles. The van der Waals surface area contributed by atoms with Gasteiger partial charge in [0.2, 0.25) is 0 Å². The molecular weight excluding hydrogens is 539 g/mol. The highest BCUT2D eigenvalue weighted by atomic mass is 35.5. The second-order valence-electron chi connectivity index (χ2n) is 9.35. The van der Waals surface area contributed by atoms with Gasteiger partial charge in [-0.15, -0.1) is 11.3 Å². The summed E-state index contributed by atoms with van der Waals surface area (Å²) in [6.45, 7) is 6.19. The zero-order valence-corrected chi connectivity index (χ0v) is 23.3. The maximum absolute atomic E-state index is 12.2. The van der Waals surface area contributed by atoms with Gasteiger partial charge in [0.25, 0.3) is 5.56 Å². The van der Waals surface area contributed by atoms with Crippen LogP contribution in [0.15, 0.2) is 82.5 Å². The summed E-state index contributed by atoms with van der Waals surface area (Å²) in [5.41, 5.74) is 3.50. The molecule has 0 saturated heterocycles. The fraction of sp³-hybridized carbons (Fsp3) is 0.172. The Morgan fingerprint density at radius 1 is 0.921 bits per heavy atom. The van der Waals surface area contributed by atoms with Gasteiger partial charge in [0, 0.05) is 31.5 Å². The molecule has 38 heavy (non-hydrogen) atoms. The van der Waals surface area contributed by atoms with E-state index in [1.165, 1.54) is 10.4 Å². The van der Waals surface area contributed by atoms with Gasteiger partial charge >= 0.3 is 5.69 Å². The Morgan fingerprint density at radius 3 is 2.13 bits per heavy atom. The Bertz CT molecular complexity index is 1720. The molecule has 2 aromatic heterocycles. The maximum atomic E-state index is 12.2. The molecule has 0 spiro atoms. The average molecular weight is 564 g/mol. The molecular formula is C29H24Cl2N4O2S. The van der Waals surface area contributed by atoms with Crippen LogP contribution < -0.4 is 11.2 Å². The van der Waals surface area contributed by atoms with Crippen LogP contribution >= 0.6 is 34.5 Å². The Kier molecular flexibility index (Phi) is 7.09. The van der Waals surface area contributed by atoms with Crippen molar-refractivity contribution < 1.29 is 0 Å². The van der Waals surface area contributed by atoms with Crippen molar-refractivity contribution >= 4 is 34.5 Å². The lowest BCUT2D eigenvalue weighted by molar-refractivity contribution is 0.635. The summed E-state index contributed by atoms with van der Waals surface area (Å²) in [5.74, 6) is 0. The van der Waals surface area contributed by atoms with E-state index in [9.17, 15) is 9.59 Å². The van der Waals surface area contributed by atoms with Crippen molar-refractivity contribution in [1.82, 2.24) is 19.7 Å². The third-order valence-electron chi connectivity index (χ3n) is 6.43. The first-order valence-electron chi connectivity index (χ1n) is 12.0. The predicted molar refractivity (Wildman–Crippen MR) is 155 cm³/mol. The van der Waals surface area contributed by atoms with Gasteiger partial charge in [0.05, 0.1) is 11.4 Å². The minimum absolute atomic E-state index is 0.355. The van der Waals surface area contributed by atoms with E-state index in [4.69, 9.17) is 28.2 Å². The first-order chi connectivity index (χ1) is 18.2. The molecule has 0 aliphatic carbocycles. The summed E-state index contributed by atoms with van der Waals surface area (Å²) < 4.78 is 1.05. The van der Waals surface area contributed by atoms with E-state index in [-0.39, 0.29) is 0 Å². The molecule has 0 fully saturated rings. The smallest absolute Gasteiger partial charge is 0.271 e. The lowest BCUT2D eigenvalue weighted by Crippen LogP contribution is -2.30. The number of H-pyrrole nitrogens is 1. The van der Waals surface area contributed by atoms with Gasteiger partial charge in [0.15, 0.2) is 0 Å². The normalized spacial score (nSPS) is 11.6. The summed E-state index contributed by atoms with van der Waals surface area (Å²) in [6.07, 6.45) is 1.86. The second-order valence-corrected chi connectivity index (χ2v) is 11.2. The zero-order valence-electron chi connectivity index (χ0n) is 21.0. The molecule has 192 valence electrons. The van der Waals surface area contributed by atoms with E-state index < -0.39 is 16.7 Å². The summed E-state index contributed by atoms with van der Waals surface area (Å²) >= 11 is 15.1. The number of nitrogens with one attached hydrogen (secondary N) is 1. The number of nitrogens with zero attached hydrogens (tertiary/aromatic N) is 3. The Morgan fingerprint density at radius 2 is 1.53 bits per heavy atom. The van der Waals surface area contributed by atoms with Crippen LogP contribution in [0.1, 0.15) is 36.2 Å². The average Bonchev–Trinajstić information content (AvgIpc) is 3.34. The third-order valence-corrected chi connectivity index (χ3v) is 8.55. The summed E-state index contributed by atoms with van der Waals surface area (Å²) in [4.78, 5) is 32.1. The number of aryl methyl sites for hydroxylation is 1. The molecule has 0 bridgehead atoms. The molecule has 3 aromatic carbocycles. The van der Waals surface area contributed by atoms with Crippen LogP contribution in [0.2, 0.25) is 10.0 Å². The topological polar surface area (TPSA) is 80.6 Å². The molecule has 2 heterocycles. The predicted octanol–water partition coefficient (Wildman–Crippen LogP) is 6.91. The largest absolute Gasteiger partial charge is 0.349 e. The Labute approximate surface area is 233 Å². The lowest BCUT2D eigenvalue weighted by Gasteiger charge is -2.26. The number of halogens is 2. The highest BCUT2D eigenvalue weighted by molar-refractivity contribution is 7.12. The number of hydrogen-bond acceptors (Lipinski definition) is 5. The molecule has 0 radical (unpaired) electrons. The van der Waals surface area contributed by atoms with Crippen LogP contribution in [0.4, 0.5) is 0 Å². The molecule has 0 amide bonds. The van der Waals surface area contributed by atoms with Crippen molar-refractivity contribution in [2.75, 3.05) is 0 Å². The van der Waals surface area contributed by atoms with E-state index >= 15 is 0 Å². The number of hydrogen-bond donors (Lipinski definition) is 1. The van der Waals surface area contributed by atoms with E-state index in [0.29, 0.717) is 21.3 Å². The van der Waals surface area contributed by atoms with Crippen molar-refractivity contribution in [3.63, 3.8) is 0 Å². The quantitative estimate of drug-likeness (QED) is 0.244. The van der Waals surface area contributed by atoms with Crippen molar-refractivity contribution in [2.24, 2.45) is 0 Å². The first-order valence-corrected chi connectivity index (χ1v) is 13.6. The van der Waals surface area contributed by atoms with Gasteiger partial charge in [0.1, 0.15) is 11.2 Å². The summed E-state index contributed by atoms with van der Waals surface area (Å²) in [7, 11) is 0. The molecule has 0 atom stereocenters. The van der Waals surface area contributed by atoms with Crippen LogP contribution in [-0.2, 0) is 11.8 Å². The first kappa shape index (κ1) is 26.1. The molecule has 9 heteroatoms. The zero-order chi connectivity index (χ0) is 27.0.